The Balaban J connectivity index is 0.000001000. The molecular formula is C8H15InO2. The van der Waals surface area contributed by atoms with Crippen molar-refractivity contribution >= 4 is 31.8 Å². The van der Waals surface area contributed by atoms with Gasteiger partial charge in [-0.2, -0.15) is 0 Å². The van der Waals surface area contributed by atoms with Crippen molar-refractivity contribution in [3.8, 4) is 0 Å². The molecule has 0 saturated heterocycles. The summed E-state index contributed by atoms with van der Waals surface area (Å²) in [5.41, 5.74) is 0.609. The standard InChI is InChI=1S/C8H12O2.In.3H/c9-8(10)7-5-3-1-2-4-6-7;;;;/h5H,1-4,6H2,(H,9,10);;;;. The zero-order chi connectivity index (χ0) is 7.40. The summed E-state index contributed by atoms with van der Waals surface area (Å²) in [5.74, 6) is -0.734. The summed E-state index contributed by atoms with van der Waals surface area (Å²) in [7, 11) is 0. The third-order valence-electron chi connectivity index (χ3n) is 1.82. The van der Waals surface area contributed by atoms with Crippen molar-refractivity contribution in [3.63, 3.8) is 0 Å². The van der Waals surface area contributed by atoms with Crippen LogP contribution in [0, 0.1) is 0 Å². The fraction of sp³-hybridized carbons (Fsp3) is 0.625. The minimum atomic E-state index is -0.734. The van der Waals surface area contributed by atoms with Crippen LogP contribution in [-0.2, 0) is 4.79 Å². The number of aliphatic carboxylic acids is 1. The molecule has 11 heavy (non-hydrogen) atoms. The summed E-state index contributed by atoms with van der Waals surface area (Å²) in [5, 5.41) is 8.59. The SMILES string of the molecule is O=C(O)C1=CCCCCC1.[InH3]. The topological polar surface area (TPSA) is 37.3 Å². The summed E-state index contributed by atoms with van der Waals surface area (Å²) in [4.78, 5) is 10.4. The van der Waals surface area contributed by atoms with E-state index in [0.29, 0.717) is 5.57 Å². The summed E-state index contributed by atoms with van der Waals surface area (Å²) < 4.78 is 0. The number of carbonyl (C=O) groups is 1. The number of carboxylic acids is 1. The second-order valence-electron chi connectivity index (χ2n) is 2.63. The van der Waals surface area contributed by atoms with Crippen LogP contribution in [0.25, 0.3) is 0 Å². The van der Waals surface area contributed by atoms with Gasteiger partial charge in [-0.05, 0) is 25.7 Å². The van der Waals surface area contributed by atoms with Gasteiger partial charge in [0.2, 0.25) is 0 Å². The molecule has 0 aromatic heterocycles. The van der Waals surface area contributed by atoms with E-state index in [9.17, 15) is 4.79 Å². The molecule has 0 fully saturated rings. The van der Waals surface area contributed by atoms with Crippen molar-refractivity contribution in [2.24, 2.45) is 0 Å². The first-order chi connectivity index (χ1) is 4.80. The van der Waals surface area contributed by atoms with Crippen LogP contribution >= 0.6 is 0 Å². The molecular weight excluding hydrogens is 243 g/mol. The molecule has 1 aliphatic rings. The molecule has 0 saturated carbocycles. The summed E-state index contributed by atoms with van der Waals surface area (Å²) in [6, 6.07) is 0. The average Bonchev–Trinajstić information content (AvgIpc) is 2.12. The van der Waals surface area contributed by atoms with Crippen molar-refractivity contribution in [2.45, 2.75) is 32.1 Å². The molecule has 0 spiro atoms. The van der Waals surface area contributed by atoms with E-state index in [-0.39, 0.29) is 25.8 Å². The van der Waals surface area contributed by atoms with E-state index in [0.717, 1.165) is 25.7 Å². The molecule has 0 aliphatic heterocycles. The number of allylic oxidation sites excluding steroid dienone is 1. The van der Waals surface area contributed by atoms with Crippen molar-refractivity contribution in [2.75, 3.05) is 0 Å². The number of carboxylic acid groups (broad SMARTS) is 1. The van der Waals surface area contributed by atoms with Crippen molar-refractivity contribution in [1.82, 2.24) is 0 Å². The first kappa shape index (κ1) is 11.1. The molecule has 2 nitrogen and oxygen atoms in total. The van der Waals surface area contributed by atoms with Gasteiger partial charge in [0.15, 0.2) is 0 Å². The molecule has 0 bridgehead atoms. The quantitative estimate of drug-likeness (QED) is 0.754. The zero-order valence-electron chi connectivity index (χ0n) is 5.97. The van der Waals surface area contributed by atoms with Gasteiger partial charge >= 0.3 is 31.8 Å². The first-order valence-corrected chi connectivity index (χ1v) is 3.73. The van der Waals surface area contributed by atoms with Crippen molar-refractivity contribution in [3.05, 3.63) is 11.6 Å². The third-order valence-corrected chi connectivity index (χ3v) is 1.82. The molecule has 0 aromatic carbocycles. The van der Waals surface area contributed by atoms with E-state index in [1.54, 1.807) is 0 Å². The van der Waals surface area contributed by atoms with E-state index < -0.39 is 5.97 Å². The maximum atomic E-state index is 10.4. The molecule has 0 amide bonds. The molecule has 0 atom stereocenters. The monoisotopic (exact) mass is 258 g/mol. The van der Waals surface area contributed by atoms with Crippen LogP contribution in [0.4, 0.5) is 0 Å². The normalized spacial score (nSPS) is 17.6. The molecule has 62 valence electrons. The molecule has 1 rings (SSSR count). The fourth-order valence-electron chi connectivity index (χ4n) is 1.21. The fourth-order valence-corrected chi connectivity index (χ4v) is 1.21. The van der Waals surface area contributed by atoms with Gasteiger partial charge in [0.05, 0.1) is 0 Å². The Bertz CT molecular complexity index is 163. The van der Waals surface area contributed by atoms with E-state index in [1.807, 2.05) is 6.08 Å². The Labute approximate surface area is 85.5 Å². The molecule has 0 aromatic rings. The van der Waals surface area contributed by atoms with E-state index >= 15 is 0 Å². The third kappa shape index (κ3) is 3.85. The summed E-state index contributed by atoms with van der Waals surface area (Å²) in [6.45, 7) is 0. The van der Waals surface area contributed by atoms with Gasteiger partial charge in [-0.3, -0.25) is 0 Å². The molecule has 0 heterocycles. The van der Waals surface area contributed by atoms with Gasteiger partial charge in [0.25, 0.3) is 0 Å². The van der Waals surface area contributed by atoms with E-state index in [1.165, 1.54) is 6.42 Å². The zero-order valence-corrected chi connectivity index (χ0v) is 5.97. The maximum absolute atomic E-state index is 10.4. The Hall–Kier alpha value is 0.0801. The van der Waals surface area contributed by atoms with Crippen LogP contribution in [0.5, 0.6) is 0 Å². The second kappa shape index (κ2) is 5.70. The van der Waals surface area contributed by atoms with Gasteiger partial charge in [-0.15, -0.1) is 0 Å². The molecule has 0 radical (unpaired) electrons. The van der Waals surface area contributed by atoms with Crippen molar-refractivity contribution in [1.29, 1.82) is 0 Å². The van der Waals surface area contributed by atoms with Gasteiger partial charge < -0.3 is 5.11 Å². The molecule has 0 unspecified atom stereocenters. The number of hydrogen-bond acceptors (Lipinski definition) is 1. The molecule has 3 heteroatoms. The van der Waals surface area contributed by atoms with Gasteiger partial charge in [-0.1, -0.05) is 12.5 Å². The van der Waals surface area contributed by atoms with Gasteiger partial charge in [-0.25, -0.2) is 4.79 Å². The van der Waals surface area contributed by atoms with Crippen LogP contribution in [0.15, 0.2) is 11.6 Å². The Morgan fingerprint density at radius 1 is 1.36 bits per heavy atom. The minimum absolute atomic E-state index is 0. The van der Waals surface area contributed by atoms with Crippen LogP contribution in [0.1, 0.15) is 32.1 Å². The first-order valence-electron chi connectivity index (χ1n) is 3.73. The molecule has 1 N–H and O–H groups in total. The van der Waals surface area contributed by atoms with Crippen LogP contribution in [-0.4, -0.2) is 36.9 Å². The average molecular weight is 258 g/mol. The number of rotatable bonds is 1. The van der Waals surface area contributed by atoms with Crippen LogP contribution < -0.4 is 0 Å². The van der Waals surface area contributed by atoms with Crippen LogP contribution in [0.2, 0.25) is 0 Å². The van der Waals surface area contributed by atoms with Gasteiger partial charge in [0, 0.05) is 5.57 Å². The Morgan fingerprint density at radius 3 is 2.73 bits per heavy atom. The Kier molecular flexibility index (Phi) is 5.74. The predicted octanol–water partition coefficient (Wildman–Crippen LogP) is 0.778. The predicted molar refractivity (Wildman–Crippen MR) is 48.7 cm³/mol. The van der Waals surface area contributed by atoms with Crippen LogP contribution in [0.3, 0.4) is 0 Å². The Morgan fingerprint density at radius 2 is 2.09 bits per heavy atom. The van der Waals surface area contributed by atoms with Crippen molar-refractivity contribution < 1.29 is 9.90 Å². The number of hydrogen-bond donors (Lipinski definition) is 1. The molecule has 1 aliphatic carbocycles. The van der Waals surface area contributed by atoms with Gasteiger partial charge in [0.1, 0.15) is 0 Å². The second-order valence-corrected chi connectivity index (χ2v) is 2.63. The summed E-state index contributed by atoms with van der Waals surface area (Å²) in [6.07, 6.45) is 6.93. The van der Waals surface area contributed by atoms with E-state index in [4.69, 9.17) is 5.11 Å². The van der Waals surface area contributed by atoms with E-state index in [2.05, 4.69) is 0 Å². The summed E-state index contributed by atoms with van der Waals surface area (Å²) >= 11 is 0.